The van der Waals surface area contributed by atoms with Crippen molar-refractivity contribution in [3.05, 3.63) is 24.3 Å². The Kier molecular flexibility index (Phi) is 4.47. The Labute approximate surface area is 99.8 Å². The van der Waals surface area contributed by atoms with Crippen LogP contribution in [0, 0.1) is 0 Å². The molecule has 0 fully saturated rings. The molecule has 0 amide bonds. The molecule has 3 N–H and O–H groups in total. The predicted octanol–water partition coefficient (Wildman–Crippen LogP) is 0.309. The van der Waals surface area contributed by atoms with Gasteiger partial charge in [-0.25, -0.2) is 13.6 Å². The summed E-state index contributed by atoms with van der Waals surface area (Å²) in [5.41, 5.74) is 0.374. The first-order valence-electron chi connectivity index (χ1n) is 4.87. The number of anilines is 1. The minimum Gasteiger partial charge on any atom is -0.469 e. The van der Waals surface area contributed by atoms with Gasteiger partial charge in [0.25, 0.3) is 0 Å². The molecule has 0 saturated heterocycles. The van der Waals surface area contributed by atoms with Crippen molar-refractivity contribution >= 4 is 21.7 Å². The number of para-hydroxylation sites is 1. The number of sulfonamides is 1. The van der Waals surface area contributed by atoms with Crippen LogP contribution >= 0.6 is 0 Å². The Balaban J connectivity index is 2.75. The van der Waals surface area contributed by atoms with Gasteiger partial charge < -0.3 is 10.1 Å². The van der Waals surface area contributed by atoms with Crippen molar-refractivity contribution in [3.8, 4) is 0 Å². The molecule has 6 nitrogen and oxygen atoms in total. The van der Waals surface area contributed by atoms with Crippen molar-refractivity contribution in [2.45, 2.75) is 11.3 Å². The average molecular weight is 258 g/mol. The molecular weight excluding hydrogens is 244 g/mol. The standard InChI is InChI=1S/C10H14N2O4S/c1-16-10(13)6-7-12-8-4-2-3-5-9(8)17(11,14)15/h2-5,12H,6-7H2,1H3,(H2,11,14,15). The van der Waals surface area contributed by atoms with Gasteiger partial charge in [-0.3, -0.25) is 4.79 Å². The Morgan fingerprint density at radius 2 is 2.06 bits per heavy atom. The van der Waals surface area contributed by atoms with Gasteiger partial charge in [0.05, 0.1) is 19.2 Å². The topological polar surface area (TPSA) is 98.5 Å². The second-order valence-corrected chi connectivity index (χ2v) is 4.82. The van der Waals surface area contributed by atoms with Gasteiger partial charge in [-0.15, -0.1) is 0 Å². The Morgan fingerprint density at radius 1 is 1.41 bits per heavy atom. The van der Waals surface area contributed by atoms with Crippen LogP contribution in [0.25, 0.3) is 0 Å². The first-order chi connectivity index (χ1) is 7.95. The molecular formula is C10H14N2O4S. The van der Waals surface area contributed by atoms with Crippen LogP contribution in [-0.2, 0) is 19.6 Å². The molecule has 0 aliphatic carbocycles. The third-order valence-corrected chi connectivity index (χ3v) is 3.03. The highest BCUT2D eigenvalue weighted by Gasteiger charge is 2.12. The highest BCUT2D eigenvalue weighted by atomic mass is 32.2. The maximum atomic E-state index is 11.3. The lowest BCUT2D eigenvalue weighted by atomic mass is 10.3. The van der Waals surface area contributed by atoms with Crippen LogP contribution in [0.3, 0.4) is 0 Å². The van der Waals surface area contributed by atoms with Crippen LogP contribution in [0.4, 0.5) is 5.69 Å². The zero-order valence-corrected chi connectivity index (χ0v) is 10.2. The number of hydrogen-bond donors (Lipinski definition) is 2. The van der Waals surface area contributed by atoms with Crippen LogP contribution in [0.15, 0.2) is 29.2 Å². The van der Waals surface area contributed by atoms with E-state index in [0.29, 0.717) is 5.69 Å². The normalized spacial score (nSPS) is 10.9. The third-order valence-electron chi connectivity index (χ3n) is 2.07. The number of primary sulfonamides is 1. The van der Waals surface area contributed by atoms with Crippen LogP contribution in [-0.4, -0.2) is 28.0 Å². The average Bonchev–Trinajstić information content (AvgIpc) is 2.28. The first kappa shape index (κ1) is 13.5. The largest absolute Gasteiger partial charge is 0.469 e. The van der Waals surface area contributed by atoms with E-state index >= 15 is 0 Å². The number of carbonyl (C=O) groups excluding carboxylic acids is 1. The number of esters is 1. The molecule has 0 aliphatic rings. The molecule has 0 aliphatic heterocycles. The molecule has 7 heteroatoms. The van der Waals surface area contributed by atoms with E-state index in [9.17, 15) is 13.2 Å². The second-order valence-electron chi connectivity index (χ2n) is 3.29. The van der Waals surface area contributed by atoms with Gasteiger partial charge in [-0.1, -0.05) is 12.1 Å². The number of hydrogen-bond acceptors (Lipinski definition) is 5. The molecule has 0 atom stereocenters. The fourth-order valence-electron chi connectivity index (χ4n) is 1.26. The van der Waals surface area contributed by atoms with Crippen molar-refractivity contribution in [3.63, 3.8) is 0 Å². The van der Waals surface area contributed by atoms with E-state index in [1.165, 1.54) is 13.2 Å². The van der Waals surface area contributed by atoms with Crippen LogP contribution in [0.1, 0.15) is 6.42 Å². The molecule has 0 aromatic heterocycles. The number of carbonyl (C=O) groups is 1. The first-order valence-corrected chi connectivity index (χ1v) is 6.42. The smallest absolute Gasteiger partial charge is 0.307 e. The fraction of sp³-hybridized carbons (Fsp3) is 0.300. The van der Waals surface area contributed by atoms with E-state index in [0.717, 1.165) is 0 Å². The van der Waals surface area contributed by atoms with Gasteiger partial charge in [-0.2, -0.15) is 0 Å². The van der Waals surface area contributed by atoms with Crippen molar-refractivity contribution in [1.82, 2.24) is 0 Å². The van der Waals surface area contributed by atoms with Crippen LogP contribution in [0.5, 0.6) is 0 Å². The summed E-state index contributed by atoms with van der Waals surface area (Å²) in [7, 11) is -2.48. The van der Waals surface area contributed by atoms with Gasteiger partial charge in [0.15, 0.2) is 0 Å². The van der Waals surface area contributed by atoms with E-state index in [1.54, 1.807) is 18.2 Å². The van der Waals surface area contributed by atoms with Gasteiger partial charge in [0.1, 0.15) is 4.90 Å². The maximum absolute atomic E-state index is 11.3. The molecule has 1 aromatic rings. The highest BCUT2D eigenvalue weighted by molar-refractivity contribution is 7.89. The fourth-order valence-corrected chi connectivity index (χ4v) is 1.98. The molecule has 0 heterocycles. The summed E-state index contributed by atoms with van der Waals surface area (Å²) in [4.78, 5) is 10.9. The van der Waals surface area contributed by atoms with Gasteiger partial charge in [0, 0.05) is 6.54 Å². The van der Waals surface area contributed by atoms with Crippen molar-refractivity contribution in [2.24, 2.45) is 5.14 Å². The van der Waals surface area contributed by atoms with Crippen LogP contribution < -0.4 is 10.5 Å². The quantitative estimate of drug-likeness (QED) is 0.740. The molecule has 0 radical (unpaired) electrons. The molecule has 0 unspecified atom stereocenters. The van der Waals surface area contributed by atoms with Crippen molar-refractivity contribution < 1.29 is 17.9 Å². The zero-order valence-electron chi connectivity index (χ0n) is 9.34. The number of nitrogens with one attached hydrogen (secondary N) is 1. The van der Waals surface area contributed by atoms with Crippen LogP contribution in [0.2, 0.25) is 0 Å². The summed E-state index contributed by atoms with van der Waals surface area (Å²) in [6.07, 6.45) is 0.148. The monoisotopic (exact) mass is 258 g/mol. The summed E-state index contributed by atoms with van der Waals surface area (Å²) in [5, 5.41) is 7.88. The lowest BCUT2D eigenvalue weighted by molar-refractivity contribution is -0.140. The Bertz CT molecular complexity index is 499. The minimum absolute atomic E-state index is 0.00451. The van der Waals surface area contributed by atoms with E-state index in [2.05, 4.69) is 10.1 Å². The number of rotatable bonds is 5. The molecule has 0 spiro atoms. The third kappa shape index (κ3) is 4.04. The molecule has 0 bridgehead atoms. The molecule has 17 heavy (non-hydrogen) atoms. The molecule has 0 saturated carbocycles. The maximum Gasteiger partial charge on any atom is 0.307 e. The number of benzene rings is 1. The lowest BCUT2D eigenvalue weighted by Gasteiger charge is -2.09. The second kappa shape index (κ2) is 5.65. The molecule has 1 aromatic carbocycles. The van der Waals surface area contributed by atoms with E-state index < -0.39 is 10.0 Å². The Morgan fingerprint density at radius 3 is 2.65 bits per heavy atom. The molecule has 1 rings (SSSR count). The van der Waals surface area contributed by atoms with Gasteiger partial charge in [-0.05, 0) is 12.1 Å². The SMILES string of the molecule is COC(=O)CCNc1ccccc1S(N)(=O)=O. The summed E-state index contributed by atoms with van der Waals surface area (Å²) in [6, 6.07) is 6.23. The summed E-state index contributed by atoms with van der Waals surface area (Å²) >= 11 is 0. The number of nitrogens with two attached hydrogens (primary N) is 1. The van der Waals surface area contributed by atoms with E-state index in [1.807, 2.05) is 0 Å². The van der Waals surface area contributed by atoms with Gasteiger partial charge in [0.2, 0.25) is 10.0 Å². The number of methoxy groups -OCH3 is 1. The zero-order chi connectivity index (χ0) is 12.9. The number of ether oxygens (including phenoxy) is 1. The van der Waals surface area contributed by atoms with E-state index in [4.69, 9.17) is 5.14 Å². The lowest BCUT2D eigenvalue weighted by Crippen LogP contribution is -2.16. The summed E-state index contributed by atoms with van der Waals surface area (Å²) < 4.78 is 27.0. The summed E-state index contributed by atoms with van der Waals surface area (Å²) in [5.74, 6) is -0.370. The van der Waals surface area contributed by atoms with Gasteiger partial charge >= 0.3 is 5.97 Å². The minimum atomic E-state index is -3.77. The highest BCUT2D eigenvalue weighted by Crippen LogP contribution is 2.18. The summed E-state index contributed by atoms with van der Waals surface area (Å²) in [6.45, 7) is 0.277. The Hall–Kier alpha value is -1.60. The predicted molar refractivity (Wildman–Crippen MR) is 62.9 cm³/mol. The van der Waals surface area contributed by atoms with Crippen molar-refractivity contribution in [2.75, 3.05) is 19.0 Å². The van der Waals surface area contributed by atoms with E-state index in [-0.39, 0.29) is 23.8 Å². The van der Waals surface area contributed by atoms with Crippen molar-refractivity contribution in [1.29, 1.82) is 0 Å². The molecule has 94 valence electrons.